The first-order chi connectivity index (χ1) is 17.5. The molecule has 2 aromatic heterocycles. The number of pyridine rings is 1. The fourth-order valence-corrected chi connectivity index (χ4v) is 5.84. The van der Waals surface area contributed by atoms with Crippen LogP contribution in [-0.2, 0) is 6.42 Å². The Morgan fingerprint density at radius 1 is 0.972 bits per heavy atom. The lowest BCUT2D eigenvalue weighted by Crippen LogP contribution is -2.49. The smallest absolute Gasteiger partial charge is 0.247 e. The Labute approximate surface area is 215 Å². The molecule has 5 rings (SSSR count). The summed E-state index contributed by atoms with van der Waals surface area (Å²) in [4.78, 5) is 9.59. The highest BCUT2D eigenvalue weighted by molar-refractivity contribution is 5.52. The van der Waals surface area contributed by atoms with Gasteiger partial charge in [-0.05, 0) is 68.2 Å². The largest absolute Gasteiger partial charge is 0.421 e. The molecule has 3 heterocycles. The molecule has 190 valence electrons. The van der Waals surface area contributed by atoms with Crippen molar-refractivity contribution < 1.29 is 4.42 Å². The van der Waals surface area contributed by atoms with Gasteiger partial charge in [0.15, 0.2) is 0 Å². The summed E-state index contributed by atoms with van der Waals surface area (Å²) >= 11 is 0. The highest BCUT2D eigenvalue weighted by Crippen LogP contribution is 2.39. The van der Waals surface area contributed by atoms with E-state index in [2.05, 4.69) is 83.0 Å². The van der Waals surface area contributed by atoms with Gasteiger partial charge in [0.2, 0.25) is 11.8 Å². The number of rotatable bonds is 7. The molecule has 0 bridgehead atoms. The molecule has 6 heteroatoms. The van der Waals surface area contributed by atoms with Crippen LogP contribution in [0.1, 0.15) is 38.6 Å². The summed E-state index contributed by atoms with van der Waals surface area (Å²) in [5, 5.41) is 8.73. The van der Waals surface area contributed by atoms with E-state index in [4.69, 9.17) is 4.42 Å². The topological polar surface area (TPSA) is 58.3 Å². The van der Waals surface area contributed by atoms with E-state index in [0.717, 1.165) is 56.4 Å². The minimum atomic E-state index is 0.459. The summed E-state index contributed by atoms with van der Waals surface area (Å²) in [6.45, 7) is 14.6. The third-order valence-corrected chi connectivity index (χ3v) is 8.08. The van der Waals surface area contributed by atoms with Crippen LogP contribution in [0.4, 0.5) is 5.82 Å². The van der Waals surface area contributed by atoms with Gasteiger partial charge in [0.25, 0.3) is 0 Å². The number of anilines is 1. The van der Waals surface area contributed by atoms with Gasteiger partial charge < -0.3 is 9.32 Å². The van der Waals surface area contributed by atoms with E-state index >= 15 is 0 Å². The van der Waals surface area contributed by atoms with E-state index in [-0.39, 0.29) is 0 Å². The molecule has 0 amide bonds. The van der Waals surface area contributed by atoms with E-state index in [1.165, 1.54) is 17.6 Å². The molecule has 0 spiro atoms. The summed E-state index contributed by atoms with van der Waals surface area (Å²) in [6.07, 6.45) is 6.44. The zero-order valence-electron chi connectivity index (χ0n) is 22.1. The quantitative estimate of drug-likeness (QED) is 0.403. The van der Waals surface area contributed by atoms with Crippen LogP contribution in [0.3, 0.4) is 0 Å². The summed E-state index contributed by atoms with van der Waals surface area (Å²) in [5.41, 5.74) is 3.68. The van der Waals surface area contributed by atoms with Crippen LogP contribution >= 0.6 is 0 Å². The molecule has 2 aliphatic rings. The predicted octanol–water partition coefficient (Wildman–Crippen LogP) is 5.66. The van der Waals surface area contributed by atoms with Crippen LogP contribution in [0.2, 0.25) is 0 Å². The normalized spacial score (nSPS) is 23.2. The van der Waals surface area contributed by atoms with Crippen molar-refractivity contribution in [3.05, 3.63) is 71.8 Å². The molecule has 1 aliphatic heterocycles. The predicted molar refractivity (Wildman–Crippen MR) is 145 cm³/mol. The highest BCUT2D eigenvalue weighted by Gasteiger charge is 2.34. The summed E-state index contributed by atoms with van der Waals surface area (Å²) < 4.78 is 6.08. The van der Waals surface area contributed by atoms with E-state index in [9.17, 15) is 0 Å². The fraction of sp³-hybridized carbons (Fsp3) is 0.500. The van der Waals surface area contributed by atoms with Gasteiger partial charge in [-0.25, -0.2) is 4.98 Å². The number of hydrogen-bond acceptors (Lipinski definition) is 6. The lowest BCUT2D eigenvalue weighted by atomic mass is 9.69. The first-order valence-corrected chi connectivity index (χ1v) is 13.4. The second-order valence-corrected chi connectivity index (χ2v) is 11.0. The van der Waals surface area contributed by atoms with Crippen LogP contribution < -0.4 is 4.90 Å². The molecule has 6 nitrogen and oxygen atoms in total. The number of aryl methyl sites for hydroxylation is 1. The van der Waals surface area contributed by atoms with Crippen LogP contribution in [0.5, 0.6) is 0 Å². The Morgan fingerprint density at radius 3 is 2.44 bits per heavy atom. The minimum absolute atomic E-state index is 0.459. The van der Waals surface area contributed by atoms with Crippen molar-refractivity contribution in [1.82, 2.24) is 20.1 Å². The summed E-state index contributed by atoms with van der Waals surface area (Å²) in [7, 11) is 0. The maximum absolute atomic E-state index is 6.08. The third kappa shape index (κ3) is 5.70. The van der Waals surface area contributed by atoms with Crippen molar-refractivity contribution >= 4 is 5.82 Å². The molecule has 0 radical (unpaired) electrons. The molecule has 3 aromatic rings. The molecule has 1 aromatic carbocycles. The van der Waals surface area contributed by atoms with Gasteiger partial charge in [-0.15, -0.1) is 10.2 Å². The van der Waals surface area contributed by atoms with E-state index in [1.807, 2.05) is 24.4 Å². The van der Waals surface area contributed by atoms with E-state index in [1.54, 1.807) is 0 Å². The molecule has 1 saturated heterocycles. The van der Waals surface area contributed by atoms with Crippen LogP contribution in [0.25, 0.3) is 11.5 Å². The number of allylic oxidation sites excluding steroid dienone is 1. The first kappa shape index (κ1) is 24.7. The molecule has 3 atom stereocenters. The van der Waals surface area contributed by atoms with Gasteiger partial charge in [-0.1, -0.05) is 49.3 Å². The van der Waals surface area contributed by atoms with Gasteiger partial charge in [0.1, 0.15) is 5.82 Å². The maximum Gasteiger partial charge on any atom is 0.247 e. The Balaban J connectivity index is 1.22. The average molecular weight is 486 g/mol. The lowest BCUT2D eigenvalue weighted by Gasteiger charge is -2.41. The van der Waals surface area contributed by atoms with Gasteiger partial charge >= 0.3 is 0 Å². The number of nitrogens with zero attached hydrogens (tertiary/aromatic N) is 5. The Hall–Kier alpha value is -2.99. The van der Waals surface area contributed by atoms with Crippen LogP contribution in [-0.4, -0.2) is 52.8 Å². The number of aromatic nitrogens is 3. The van der Waals surface area contributed by atoms with Crippen molar-refractivity contribution in [2.24, 2.45) is 23.7 Å². The molecule has 1 aliphatic carbocycles. The second kappa shape index (κ2) is 11.0. The van der Waals surface area contributed by atoms with Gasteiger partial charge in [-0.3, -0.25) is 4.90 Å². The van der Waals surface area contributed by atoms with Crippen LogP contribution in [0.15, 0.2) is 64.7 Å². The van der Waals surface area contributed by atoms with Crippen molar-refractivity contribution in [1.29, 1.82) is 0 Å². The minimum Gasteiger partial charge on any atom is -0.421 e. The number of piperazine rings is 1. The molecular formula is C30H39N5O. The maximum atomic E-state index is 6.08. The first-order valence-electron chi connectivity index (χ1n) is 13.4. The molecule has 1 fully saturated rings. The fourth-order valence-electron chi connectivity index (χ4n) is 5.84. The number of benzene rings is 1. The average Bonchev–Trinajstić information content (AvgIpc) is 3.35. The Kier molecular flexibility index (Phi) is 7.51. The second-order valence-electron chi connectivity index (χ2n) is 11.0. The standard InChI is InChI=1S/C30H39N5O/c1-21(2)27-18-25(19-29-32-33-30(36-29)24-10-8-22(3)9-11-24)23(4)17-26(27)20-34-13-15-35(16-14-34)28-7-5-6-12-31-28/h5-12,17,21,25-27H,13-16,18-20H2,1-4H3/t25-,26-,27-/m0/s1. The van der Waals surface area contributed by atoms with Crippen molar-refractivity contribution in [3.8, 4) is 11.5 Å². The molecular weight excluding hydrogens is 446 g/mol. The molecule has 0 saturated carbocycles. The highest BCUT2D eigenvalue weighted by atomic mass is 16.4. The third-order valence-electron chi connectivity index (χ3n) is 8.08. The van der Waals surface area contributed by atoms with Crippen molar-refractivity contribution in [2.75, 3.05) is 37.6 Å². The molecule has 36 heavy (non-hydrogen) atoms. The van der Waals surface area contributed by atoms with Gasteiger partial charge in [0, 0.05) is 50.9 Å². The number of hydrogen-bond donors (Lipinski definition) is 0. The lowest BCUT2D eigenvalue weighted by molar-refractivity contribution is 0.155. The Bertz CT molecular complexity index is 1150. The SMILES string of the molecule is CC1=C[C@@H](CN2CCN(c3ccccn3)CC2)[C@H](C(C)C)C[C@H]1Cc1nnc(-c2ccc(C)cc2)o1. The van der Waals surface area contributed by atoms with Crippen molar-refractivity contribution in [3.63, 3.8) is 0 Å². The summed E-state index contributed by atoms with van der Waals surface area (Å²) in [5.74, 6) is 4.81. The zero-order valence-corrected chi connectivity index (χ0v) is 22.1. The Morgan fingerprint density at radius 2 is 1.75 bits per heavy atom. The van der Waals surface area contributed by atoms with E-state index < -0.39 is 0 Å². The van der Waals surface area contributed by atoms with Crippen molar-refractivity contribution in [2.45, 2.75) is 40.5 Å². The van der Waals surface area contributed by atoms with E-state index in [0.29, 0.717) is 29.6 Å². The zero-order chi connectivity index (χ0) is 25.1. The molecule has 0 unspecified atom stereocenters. The van der Waals surface area contributed by atoms with Gasteiger partial charge in [-0.2, -0.15) is 0 Å². The molecule has 0 N–H and O–H groups in total. The van der Waals surface area contributed by atoms with Gasteiger partial charge in [0.05, 0.1) is 0 Å². The van der Waals surface area contributed by atoms with Crippen LogP contribution in [0, 0.1) is 30.6 Å². The summed E-state index contributed by atoms with van der Waals surface area (Å²) in [6, 6.07) is 14.4. The monoisotopic (exact) mass is 485 g/mol.